The number of benzene rings is 2. The molecule has 0 fully saturated rings. The summed E-state index contributed by atoms with van der Waals surface area (Å²) in [6, 6.07) is 12.5. The molecule has 0 saturated heterocycles. The van der Waals surface area contributed by atoms with Gasteiger partial charge in [0.25, 0.3) is 11.5 Å². The fourth-order valence-corrected chi connectivity index (χ4v) is 2.93. The van der Waals surface area contributed by atoms with Crippen molar-refractivity contribution >= 4 is 22.7 Å². The average molecular weight is 378 g/mol. The number of rotatable bonds is 6. The Morgan fingerprint density at radius 3 is 2.57 bits per heavy atom. The SMILES string of the molecule is CNC(=O)c1ccc(CNC(=O)CCn2cnc3c(C)cccc3c2=O)cc1. The Hall–Kier alpha value is -3.48. The molecule has 2 aromatic carbocycles. The summed E-state index contributed by atoms with van der Waals surface area (Å²) in [6.45, 7) is 2.53. The minimum Gasteiger partial charge on any atom is -0.355 e. The first-order valence-corrected chi connectivity index (χ1v) is 9.02. The third-order valence-corrected chi connectivity index (χ3v) is 4.57. The summed E-state index contributed by atoms with van der Waals surface area (Å²) < 4.78 is 1.46. The van der Waals surface area contributed by atoms with Crippen LogP contribution in [0.3, 0.4) is 0 Å². The smallest absolute Gasteiger partial charge is 0.261 e. The normalized spacial score (nSPS) is 10.6. The minimum absolute atomic E-state index is 0.147. The van der Waals surface area contributed by atoms with Crippen molar-refractivity contribution in [3.63, 3.8) is 0 Å². The molecule has 1 heterocycles. The Morgan fingerprint density at radius 1 is 1.11 bits per heavy atom. The van der Waals surface area contributed by atoms with Crippen molar-refractivity contribution in [3.8, 4) is 0 Å². The lowest BCUT2D eigenvalue weighted by molar-refractivity contribution is -0.121. The standard InChI is InChI=1S/C21H22N4O3/c1-14-4-3-5-17-19(14)24-13-25(21(17)28)11-10-18(26)23-12-15-6-8-16(9-7-15)20(27)22-2/h3-9,13H,10-12H2,1-2H3,(H,22,27)(H,23,26). The molecule has 28 heavy (non-hydrogen) atoms. The van der Waals surface area contributed by atoms with E-state index in [0.717, 1.165) is 11.1 Å². The van der Waals surface area contributed by atoms with E-state index in [1.807, 2.05) is 19.1 Å². The highest BCUT2D eigenvalue weighted by molar-refractivity contribution is 5.93. The number of amides is 2. The van der Waals surface area contributed by atoms with Crippen molar-refractivity contribution in [3.05, 3.63) is 75.8 Å². The monoisotopic (exact) mass is 378 g/mol. The van der Waals surface area contributed by atoms with E-state index >= 15 is 0 Å². The zero-order valence-electron chi connectivity index (χ0n) is 15.9. The van der Waals surface area contributed by atoms with E-state index in [1.54, 1.807) is 37.4 Å². The van der Waals surface area contributed by atoms with Gasteiger partial charge in [-0.2, -0.15) is 0 Å². The maximum absolute atomic E-state index is 12.5. The van der Waals surface area contributed by atoms with Crippen molar-refractivity contribution in [2.75, 3.05) is 7.05 Å². The summed E-state index contributed by atoms with van der Waals surface area (Å²) in [5.41, 5.74) is 2.94. The maximum atomic E-state index is 12.5. The van der Waals surface area contributed by atoms with Crippen LogP contribution in [0.15, 0.2) is 53.6 Å². The quantitative estimate of drug-likeness (QED) is 0.684. The lowest BCUT2D eigenvalue weighted by Gasteiger charge is -2.09. The largest absolute Gasteiger partial charge is 0.355 e. The highest BCUT2D eigenvalue weighted by Gasteiger charge is 2.08. The molecule has 0 aliphatic rings. The molecular weight excluding hydrogens is 356 g/mol. The number of nitrogens with one attached hydrogen (secondary N) is 2. The van der Waals surface area contributed by atoms with Crippen molar-refractivity contribution < 1.29 is 9.59 Å². The molecular formula is C21H22N4O3. The molecule has 0 unspecified atom stereocenters. The van der Waals surface area contributed by atoms with Crippen molar-refractivity contribution in [1.82, 2.24) is 20.2 Å². The highest BCUT2D eigenvalue weighted by atomic mass is 16.2. The van der Waals surface area contributed by atoms with Crippen LogP contribution in [0.25, 0.3) is 10.9 Å². The molecule has 0 radical (unpaired) electrons. The fourth-order valence-electron chi connectivity index (χ4n) is 2.93. The topological polar surface area (TPSA) is 93.1 Å². The fraction of sp³-hybridized carbons (Fsp3) is 0.238. The van der Waals surface area contributed by atoms with Crippen LogP contribution in [-0.2, 0) is 17.9 Å². The molecule has 2 amide bonds. The van der Waals surface area contributed by atoms with Crippen LogP contribution in [-0.4, -0.2) is 28.4 Å². The molecule has 3 rings (SSSR count). The third-order valence-electron chi connectivity index (χ3n) is 4.57. The third kappa shape index (κ3) is 4.25. The summed E-state index contributed by atoms with van der Waals surface area (Å²) >= 11 is 0. The van der Waals surface area contributed by atoms with Gasteiger partial charge in [0.05, 0.1) is 17.2 Å². The molecule has 0 spiro atoms. The second kappa shape index (κ2) is 8.47. The van der Waals surface area contributed by atoms with E-state index in [9.17, 15) is 14.4 Å². The zero-order chi connectivity index (χ0) is 20.1. The first-order valence-electron chi connectivity index (χ1n) is 9.02. The van der Waals surface area contributed by atoms with E-state index in [1.165, 1.54) is 10.9 Å². The summed E-state index contributed by atoms with van der Waals surface area (Å²) in [6.07, 6.45) is 1.66. The van der Waals surface area contributed by atoms with Gasteiger partial charge >= 0.3 is 0 Å². The number of nitrogens with zero attached hydrogens (tertiary/aromatic N) is 2. The lowest BCUT2D eigenvalue weighted by atomic mass is 10.1. The summed E-state index contributed by atoms with van der Waals surface area (Å²) in [5.74, 6) is -0.313. The van der Waals surface area contributed by atoms with Crippen molar-refractivity contribution in [2.45, 2.75) is 26.4 Å². The number of hydrogen-bond donors (Lipinski definition) is 2. The molecule has 0 aliphatic heterocycles. The predicted molar refractivity (Wildman–Crippen MR) is 107 cm³/mol. The van der Waals surface area contributed by atoms with Gasteiger partial charge in [-0.05, 0) is 36.2 Å². The number of hydrogen-bond acceptors (Lipinski definition) is 4. The number of aromatic nitrogens is 2. The molecule has 0 saturated carbocycles. The molecule has 2 N–H and O–H groups in total. The molecule has 3 aromatic rings. The Labute approximate surface area is 162 Å². The van der Waals surface area contributed by atoms with Crippen LogP contribution in [0.4, 0.5) is 0 Å². The number of para-hydroxylation sites is 1. The van der Waals surface area contributed by atoms with Crippen LogP contribution in [0.2, 0.25) is 0 Å². The second-order valence-electron chi connectivity index (χ2n) is 6.52. The Balaban J connectivity index is 1.57. The Bertz CT molecular complexity index is 1070. The van der Waals surface area contributed by atoms with E-state index < -0.39 is 0 Å². The number of carbonyl (C=O) groups is 2. The average Bonchev–Trinajstić information content (AvgIpc) is 2.72. The van der Waals surface area contributed by atoms with Gasteiger partial charge in [-0.3, -0.25) is 19.0 Å². The summed E-state index contributed by atoms with van der Waals surface area (Å²) in [5, 5.41) is 5.94. The van der Waals surface area contributed by atoms with Gasteiger partial charge in [0.2, 0.25) is 5.91 Å². The van der Waals surface area contributed by atoms with Gasteiger partial charge in [0.15, 0.2) is 0 Å². The first kappa shape index (κ1) is 19.3. The van der Waals surface area contributed by atoms with Crippen LogP contribution in [0.5, 0.6) is 0 Å². The van der Waals surface area contributed by atoms with Gasteiger partial charge in [-0.25, -0.2) is 4.98 Å². The zero-order valence-corrected chi connectivity index (χ0v) is 15.9. The summed E-state index contributed by atoms with van der Waals surface area (Å²) in [7, 11) is 1.58. The van der Waals surface area contributed by atoms with Crippen LogP contribution in [0.1, 0.15) is 27.9 Å². The van der Waals surface area contributed by atoms with Gasteiger partial charge in [0, 0.05) is 32.1 Å². The minimum atomic E-state index is -0.161. The Morgan fingerprint density at radius 2 is 1.86 bits per heavy atom. The molecule has 0 bridgehead atoms. The molecule has 7 nitrogen and oxygen atoms in total. The number of fused-ring (bicyclic) bond motifs is 1. The highest BCUT2D eigenvalue weighted by Crippen LogP contribution is 2.11. The Kier molecular flexibility index (Phi) is 5.84. The van der Waals surface area contributed by atoms with Gasteiger partial charge in [0.1, 0.15) is 0 Å². The van der Waals surface area contributed by atoms with Crippen molar-refractivity contribution in [2.24, 2.45) is 0 Å². The molecule has 0 aliphatic carbocycles. The molecule has 7 heteroatoms. The number of aryl methyl sites for hydroxylation is 2. The van der Waals surface area contributed by atoms with Crippen LogP contribution in [0, 0.1) is 6.92 Å². The molecule has 1 aromatic heterocycles. The van der Waals surface area contributed by atoms with E-state index in [4.69, 9.17) is 0 Å². The second-order valence-corrected chi connectivity index (χ2v) is 6.52. The lowest BCUT2D eigenvalue weighted by Crippen LogP contribution is -2.27. The van der Waals surface area contributed by atoms with Gasteiger partial charge in [-0.15, -0.1) is 0 Å². The first-order chi connectivity index (χ1) is 13.5. The molecule has 0 atom stereocenters. The molecule has 144 valence electrons. The van der Waals surface area contributed by atoms with E-state index in [2.05, 4.69) is 15.6 Å². The maximum Gasteiger partial charge on any atom is 0.261 e. The predicted octanol–water partition coefficient (Wildman–Crippen LogP) is 1.77. The van der Waals surface area contributed by atoms with E-state index in [0.29, 0.717) is 23.0 Å². The van der Waals surface area contributed by atoms with Crippen molar-refractivity contribution in [1.29, 1.82) is 0 Å². The number of carbonyl (C=O) groups excluding carboxylic acids is 2. The van der Waals surface area contributed by atoms with Crippen LogP contribution < -0.4 is 16.2 Å². The van der Waals surface area contributed by atoms with Gasteiger partial charge < -0.3 is 10.6 Å². The summed E-state index contributed by atoms with van der Waals surface area (Å²) in [4.78, 5) is 40.5. The van der Waals surface area contributed by atoms with Gasteiger partial charge in [-0.1, -0.05) is 24.3 Å². The van der Waals surface area contributed by atoms with E-state index in [-0.39, 0.29) is 30.3 Å². The van der Waals surface area contributed by atoms with Crippen LogP contribution >= 0.6 is 0 Å².